The second-order valence-corrected chi connectivity index (χ2v) is 6.12. The number of hydrogen-bond acceptors (Lipinski definition) is 2. The predicted octanol–water partition coefficient (Wildman–Crippen LogP) is 2.26. The molecule has 1 heterocycles. The van der Waals surface area contributed by atoms with Crippen LogP contribution in [-0.4, -0.2) is 27.8 Å². The molecule has 3 N–H and O–H groups in total. The molecule has 0 aliphatic rings. The van der Waals surface area contributed by atoms with Gasteiger partial charge < -0.3 is 11.1 Å². The Morgan fingerprint density at radius 1 is 1.27 bits per heavy atom. The van der Waals surface area contributed by atoms with E-state index in [9.17, 15) is 4.39 Å². The molecule has 0 aliphatic heterocycles. The summed E-state index contributed by atoms with van der Waals surface area (Å²) in [6.07, 6.45) is 2.55. The Morgan fingerprint density at radius 2 is 1.95 bits per heavy atom. The van der Waals surface area contributed by atoms with E-state index in [0.717, 1.165) is 11.4 Å². The molecule has 0 fully saturated rings. The molecule has 0 amide bonds. The van der Waals surface area contributed by atoms with Gasteiger partial charge in [0.05, 0.1) is 11.4 Å². The van der Waals surface area contributed by atoms with Crippen LogP contribution in [0, 0.1) is 5.82 Å². The lowest BCUT2D eigenvalue weighted by atomic mass is 10.1. The van der Waals surface area contributed by atoms with Crippen molar-refractivity contribution in [2.24, 2.45) is 10.7 Å². The zero-order valence-corrected chi connectivity index (χ0v) is 13.2. The highest BCUT2D eigenvalue weighted by molar-refractivity contribution is 5.78. The van der Waals surface area contributed by atoms with E-state index < -0.39 is 0 Å². The minimum Gasteiger partial charge on any atom is -0.370 e. The van der Waals surface area contributed by atoms with Crippen molar-refractivity contribution in [2.45, 2.75) is 32.7 Å². The van der Waals surface area contributed by atoms with E-state index in [1.54, 1.807) is 16.8 Å². The highest BCUT2D eigenvalue weighted by Gasteiger charge is 2.09. The minimum atomic E-state index is -0.257. The first kappa shape index (κ1) is 16.0. The summed E-state index contributed by atoms with van der Waals surface area (Å²) in [4.78, 5) is 4.28. The number of halogens is 1. The van der Waals surface area contributed by atoms with Crippen LogP contribution in [0.4, 0.5) is 4.39 Å². The molecule has 0 saturated carbocycles. The van der Waals surface area contributed by atoms with Crippen molar-refractivity contribution < 1.29 is 4.39 Å². The highest BCUT2D eigenvalue weighted by Crippen LogP contribution is 2.09. The van der Waals surface area contributed by atoms with Crippen LogP contribution >= 0.6 is 0 Å². The van der Waals surface area contributed by atoms with Gasteiger partial charge in [-0.25, -0.2) is 9.07 Å². The fourth-order valence-electron chi connectivity index (χ4n) is 1.95. The molecule has 22 heavy (non-hydrogen) atoms. The molecule has 1 aromatic heterocycles. The van der Waals surface area contributed by atoms with E-state index in [4.69, 9.17) is 5.73 Å². The van der Waals surface area contributed by atoms with Gasteiger partial charge in [-0.1, -0.05) is 0 Å². The van der Waals surface area contributed by atoms with Gasteiger partial charge in [0.25, 0.3) is 0 Å². The molecule has 0 unspecified atom stereocenters. The summed E-state index contributed by atoms with van der Waals surface area (Å²) < 4.78 is 14.6. The number of benzene rings is 1. The van der Waals surface area contributed by atoms with E-state index in [1.165, 1.54) is 12.1 Å². The standard InChI is InChI=1S/C16H22FN5/c1-16(2,3)20-15(18)19-10-8-13-9-11-22(21-13)14-6-4-12(17)5-7-14/h4-7,9,11H,8,10H2,1-3H3,(H3,18,19,20). The summed E-state index contributed by atoms with van der Waals surface area (Å²) in [5.41, 5.74) is 7.45. The van der Waals surface area contributed by atoms with Crippen molar-refractivity contribution in [1.29, 1.82) is 0 Å². The first-order chi connectivity index (χ1) is 10.3. The summed E-state index contributed by atoms with van der Waals surface area (Å²) in [6.45, 7) is 6.65. The topological polar surface area (TPSA) is 68.2 Å². The summed E-state index contributed by atoms with van der Waals surface area (Å²) >= 11 is 0. The van der Waals surface area contributed by atoms with Gasteiger partial charge in [-0.2, -0.15) is 5.10 Å². The molecule has 2 rings (SSSR count). The maximum Gasteiger partial charge on any atom is 0.188 e. The lowest BCUT2D eigenvalue weighted by molar-refractivity contribution is 0.508. The number of rotatable bonds is 4. The predicted molar refractivity (Wildman–Crippen MR) is 86.6 cm³/mol. The Morgan fingerprint density at radius 3 is 2.59 bits per heavy atom. The smallest absolute Gasteiger partial charge is 0.188 e. The van der Waals surface area contributed by atoms with Crippen LogP contribution in [0.3, 0.4) is 0 Å². The number of guanidine groups is 1. The molecule has 118 valence electrons. The normalized spacial score (nSPS) is 12.5. The van der Waals surface area contributed by atoms with E-state index in [-0.39, 0.29) is 11.4 Å². The second-order valence-electron chi connectivity index (χ2n) is 6.12. The van der Waals surface area contributed by atoms with Crippen LogP contribution in [0.5, 0.6) is 0 Å². The summed E-state index contributed by atoms with van der Waals surface area (Å²) in [5, 5.41) is 7.55. The monoisotopic (exact) mass is 303 g/mol. The van der Waals surface area contributed by atoms with E-state index in [1.807, 2.05) is 33.0 Å². The van der Waals surface area contributed by atoms with Crippen molar-refractivity contribution >= 4 is 5.96 Å². The van der Waals surface area contributed by atoms with Crippen LogP contribution in [0.1, 0.15) is 26.5 Å². The third-order valence-corrected chi connectivity index (χ3v) is 2.89. The third-order valence-electron chi connectivity index (χ3n) is 2.89. The molecule has 0 saturated heterocycles. The van der Waals surface area contributed by atoms with Crippen molar-refractivity contribution in [3.05, 3.63) is 48.0 Å². The fourth-order valence-corrected chi connectivity index (χ4v) is 1.95. The maximum atomic E-state index is 12.9. The number of aromatic nitrogens is 2. The van der Waals surface area contributed by atoms with Crippen molar-refractivity contribution in [1.82, 2.24) is 15.1 Å². The van der Waals surface area contributed by atoms with Crippen molar-refractivity contribution in [3.63, 3.8) is 0 Å². The number of nitrogens with zero attached hydrogens (tertiary/aromatic N) is 3. The summed E-state index contributed by atoms with van der Waals surface area (Å²) in [6, 6.07) is 8.14. The lowest BCUT2D eigenvalue weighted by Gasteiger charge is -2.20. The number of aliphatic imine (C=N–C) groups is 1. The van der Waals surface area contributed by atoms with Gasteiger partial charge in [0.2, 0.25) is 0 Å². The van der Waals surface area contributed by atoms with Crippen LogP contribution in [0.2, 0.25) is 0 Å². The third kappa shape index (κ3) is 4.87. The van der Waals surface area contributed by atoms with E-state index >= 15 is 0 Å². The fraction of sp³-hybridized carbons (Fsp3) is 0.375. The first-order valence-electron chi connectivity index (χ1n) is 7.22. The number of nitrogens with two attached hydrogens (primary N) is 1. The molecule has 1 aromatic carbocycles. The van der Waals surface area contributed by atoms with Gasteiger partial charge in [0.15, 0.2) is 5.96 Å². The molecule has 5 nitrogen and oxygen atoms in total. The van der Waals surface area contributed by atoms with Gasteiger partial charge in [-0.3, -0.25) is 4.99 Å². The Labute approximate surface area is 130 Å². The molecule has 2 aromatic rings. The Hall–Kier alpha value is -2.37. The molecule has 0 bridgehead atoms. The quantitative estimate of drug-likeness (QED) is 0.672. The molecule has 0 aliphatic carbocycles. The zero-order valence-electron chi connectivity index (χ0n) is 13.2. The van der Waals surface area contributed by atoms with Gasteiger partial charge >= 0.3 is 0 Å². The lowest BCUT2D eigenvalue weighted by Crippen LogP contribution is -2.45. The van der Waals surface area contributed by atoms with E-state index in [0.29, 0.717) is 18.9 Å². The van der Waals surface area contributed by atoms with Crippen molar-refractivity contribution in [2.75, 3.05) is 6.54 Å². The second kappa shape index (κ2) is 6.60. The van der Waals surface area contributed by atoms with Crippen molar-refractivity contribution in [3.8, 4) is 5.69 Å². The van der Waals surface area contributed by atoms with Gasteiger partial charge in [0, 0.05) is 24.7 Å². The summed E-state index contributed by atoms with van der Waals surface area (Å²) in [7, 11) is 0. The van der Waals surface area contributed by atoms with Crippen LogP contribution in [0.15, 0.2) is 41.5 Å². The maximum absolute atomic E-state index is 12.9. The zero-order chi connectivity index (χ0) is 16.2. The average Bonchev–Trinajstić information content (AvgIpc) is 2.86. The average molecular weight is 303 g/mol. The van der Waals surface area contributed by atoms with E-state index in [2.05, 4.69) is 15.4 Å². The molecular weight excluding hydrogens is 281 g/mol. The summed E-state index contributed by atoms with van der Waals surface area (Å²) in [5.74, 6) is 0.178. The molecule has 0 radical (unpaired) electrons. The molecule has 0 atom stereocenters. The largest absolute Gasteiger partial charge is 0.370 e. The van der Waals surface area contributed by atoms with Gasteiger partial charge in [-0.15, -0.1) is 0 Å². The molecule has 6 heteroatoms. The van der Waals surface area contributed by atoms with Gasteiger partial charge in [-0.05, 0) is 51.1 Å². The number of nitrogens with one attached hydrogen (secondary N) is 1. The van der Waals surface area contributed by atoms with Crippen LogP contribution in [0.25, 0.3) is 5.69 Å². The Kier molecular flexibility index (Phi) is 4.80. The highest BCUT2D eigenvalue weighted by atomic mass is 19.1. The Balaban J connectivity index is 1.92. The minimum absolute atomic E-state index is 0.0995. The Bertz CT molecular complexity index is 637. The number of hydrogen-bond donors (Lipinski definition) is 2. The molecule has 0 spiro atoms. The molecular formula is C16H22FN5. The van der Waals surface area contributed by atoms with Gasteiger partial charge in [0.1, 0.15) is 5.82 Å². The first-order valence-corrected chi connectivity index (χ1v) is 7.22. The van der Waals surface area contributed by atoms with Crippen LogP contribution in [-0.2, 0) is 6.42 Å². The SMILES string of the molecule is CC(C)(C)NC(N)=NCCc1ccn(-c2ccc(F)cc2)n1. The van der Waals surface area contributed by atoms with Crippen LogP contribution < -0.4 is 11.1 Å².